The molecule has 0 unspecified atom stereocenters. The Morgan fingerprint density at radius 3 is 2.73 bits per heavy atom. The second kappa shape index (κ2) is 3.00. The third-order valence-electron chi connectivity index (χ3n) is 1.35. The van der Waals surface area contributed by atoms with E-state index >= 15 is 0 Å². The number of phenols is 1. The molecule has 0 fully saturated rings. The molecule has 0 atom stereocenters. The molecule has 0 aliphatic heterocycles. The Kier molecular flexibility index (Phi) is 2.24. The van der Waals surface area contributed by atoms with Gasteiger partial charge in [0.25, 0.3) is 0 Å². The van der Waals surface area contributed by atoms with Gasteiger partial charge in [0, 0.05) is 4.47 Å². The van der Waals surface area contributed by atoms with Crippen LogP contribution >= 0.6 is 15.9 Å². The molecule has 0 amide bonds. The highest BCUT2D eigenvalue weighted by Gasteiger charge is 2.03. The Morgan fingerprint density at radius 2 is 2.18 bits per heavy atom. The van der Waals surface area contributed by atoms with Crippen LogP contribution < -0.4 is 0 Å². The molecule has 3 nitrogen and oxygen atoms in total. The first kappa shape index (κ1) is 8.20. The first-order valence-electron chi connectivity index (χ1n) is 2.97. The van der Waals surface area contributed by atoms with Crippen molar-refractivity contribution in [1.82, 2.24) is 0 Å². The van der Waals surface area contributed by atoms with Crippen LogP contribution in [0.5, 0.6) is 5.75 Å². The molecule has 0 saturated heterocycles. The van der Waals surface area contributed by atoms with E-state index in [1.54, 1.807) is 0 Å². The van der Waals surface area contributed by atoms with Crippen molar-refractivity contribution in [3.05, 3.63) is 27.1 Å². The summed E-state index contributed by atoms with van der Waals surface area (Å²) in [6.07, 6.45) is 0. The number of nitroso groups, excluding NO2 is 1. The van der Waals surface area contributed by atoms with Crippen molar-refractivity contribution in [2.45, 2.75) is 6.92 Å². The van der Waals surface area contributed by atoms with Gasteiger partial charge in [-0.3, -0.25) is 0 Å². The van der Waals surface area contributed by atoms with Gasteiger partial charge in [0.1, 0.15) is 11.4 Å². The van der Waals surface area contributed by atoms with Crippen LogP contribution in [-0.2, 0) is 0 Å². The summed E-state index contributed by atoms with van der Waals surface area (Å²) in [5.74, 6) is -0.0996. The Hall–Kier alpha value is -0.900. The smallest absolute Gasteiger partial charge is 0.149 e. The minimum absolute atomic E-state index is 0.0747. The summed E-state index contributed by atoms with van der Waals surface area (Å²) in [4.78, 5) is 10.1. The van der Waals surface area contributed by atoms with Crippen molar-refractivity contribution >= 4 is 21.6 Å². The average molecular weight is 216 g/mol. The second-order valence-electron chi connectivity index (χ2n) is 2.18. The van der Waals surface area contributed by atoms with E-state index in [4.69, 9.17) is 5.11 Å². The Bertz CT molecular complexity index is 299. The molecule has 0 heterocycles. The van der Waals surface area contributed by atoms with E-state index in [2.05, 4.69) is 21.1 Å². The summed E-state index contributed by atoms with van der Waals surface area (Å²) >= 11 is 3.21. The first-order chi connectivity index (χ1) is 5.15. The van der Waals surface area contributed by atoms with E-state index in [1.165, 1.54) is 12.1 Å². The number of benzene rings is 1. The van der Waals surface area contributed by atoms with Crippen LogP contribution in [0.3, 0.4) is 0 Å². The molecule has 0 aliphatic carbocycles. The highest BCUT2D eigenvalue weighted by atomic mass is 79.9. The molecule has 0 aliphatic rings. The largest absolute Gasteiger partial charge is 0.506 e. The lowest BCUT2D eigenvalue weighted by Gasteiger charge is -1.99. The summed E-state index contributed by atoms with van der Waals surface area (Å²) < 4.78 is 0.766. The van der Waals surface area contributed by atoms with Gasteiger partial charge in [-0.05, 0) is 29.8 Å². The standard InChI is InChI=1S/C7H6BrNO2/c1-4-2-6(9-11)7(10)3-5(4)8/h2-3,10H,1H3. The third kappa shape index (κ3) is 1.57. The van der Waals surface area contributed by atoms with Crippen molar-refractivity contribution in [2.75, 3.05) is 0 Å². The molecule has 1 N–H and O–H groups in total. The van der Waals surface area contributed by atoms with Gasteiger partial charge in [-0.2, -0.15) is 0 Å². The maximum Gasteiger partial charge on any atom is 0.149 e. The summed E-state index contributed by atoms with van der Waals surface area (Å²) in [6, 6.07) is 2.97. The quantitative estimate of drug-likeness (QED) is 0.733. The molecule has 0 radical (unpaired) electrons. The SMILES string of the molecule is Cc1cc(N=O)c(O)cc1Br. The summed E-state index contributed by atoms with van der Waals surface area (Å²) in [5, 5.41) is 11.7. The minimum atomic E-state index is -0.0996. The van der Waals surface area contributed by atoms with Crippen molar-refractivity contribution in [3.8, 4) is 5.75 Å². The number of aryl methyl sites for hydroxylation is 1. The maximum atomic E-state index is 10.1. The molecular formula is C7H6BrNO2. The van der Waals surface area contributed by atoms with Crippen molar-refractivity contribution < 1.29 is 5.11 Å². The fraction of sp³-hybridized carbons (Fsp3) is 0.143. The van der Waals surface area contributed by atoms with Crippen LogP contribution in [-0.4, -0.2) is 5.11 Å². The number of hydrogen-bond donors (Lipinski definition) is 1. The van der Waals surface area contributed by atoms with E-state index in [0.717, 1.165) is 10.0 Å². The lowest BCUT2D eigenvalue weighted by molar-refractivity contribution is 0.476. The fourth-order valence-electron chi connectivity index (χ4n) is 0.729. The van der Waals surface area contributed by atoms with Gasteiger partial charge in [-0.1, -0.05) is 15.9 Å². The van der Waals surface area contributed by atoms with Gasteiger partial charge in [-0.25, -0.2) is 0 Å². The van der Waals surface area contributed by atoms with Crippen molar-refractivity contribution in [3.63, 3.8) is 0 Å². The maximum absolute atomic E-state index is 10.1. The zero-order valence-corrected chi connectivity index (χ0v) is 7.42. The summed E-state index contributed by atoms with van der Waals surface area (Å²) in [7, 11) is 0. The molecule has 1 rings (SSSR count). The normalized spacial score (nSPS) is 9.64. The Morgan fingerprint density at radius 1 is 1.55 bits per heavy atom. The zero-order valence-electron chi connectivity index (χ0n) is 5.84. The van der Waals surface area contributed by atoms with Crippen molar-refractivity contribution in [1.29, 1.82) is 0 Å². The van der Waals surface area contributed by atoms with Crippen LogP contribution in [0.2, 0.25) is 0 Å². The van der Waals surface area contributed by atoms with Gasteiger partial charge in [-0.15, -0.1) is 4.91 Å². The molecule has 11 heavy (non-hydrogen) atoms. The van der Waals surface area contributed by atoms with E-state index in [0.29, 0.717) is 0 Å². The number of rotatable bonds is 1. The van der Waals surface area contributed by atoms with Crippen LogP contribution in [0.1, 0.15) is 5.56 Å². The van der Waals surface area contributed by atoms with Crippen molar-refractivity contribution in [2.24, 2.45) is 5.18 Å². The van der Waals surface area contributed by atoms with Gasteiger partial charge >= 0.3 is 0 Å². The Labute approximate surface area is 72.2 Å². The highest BCUT2D eigenvalue weighted by Crippen LogP contribution is 2.31. The number of halogens is 1. The molecule has 0 spiro atoms. The molecule has 58 valence electrons. The lowest BCUT2D eigenvalue weighted by Crippen LogP contribution is -1.75. The molecule has 0 aromatic heterocycles. The van der Waals surface area contributed by atoms with E-state index < -0.39 is 0 Å². The minimum Gasteiger partial charge on any atom is -0.506 e. The zero-order chi connectivity index (χ0) is 8.43. The topological polar surface area (TPSA) is 49.7 Å². The highest BCUT2D eigenvalue weighted by molar-refractivity contribution is 9.10. The molecule has 1 aromatic rings. The van der Waals surface area contributed by atoms with E-state index in [-0.39, 0.29) is 11.4 Å². The molecule has 4 heteroatoms. The van der Waals surface area contributed by atoms with Crippen LogP contribution in [0, 0.1) is 11.8 Å². The molecule has 0 saturated carbocycles. The molecule has 1 aromatic carbocycles. The predicted octanol–water partition coefficient (Wildman–Crippen LogP) is 2.86. The lowest BCUT2D eigenvalue weighted by atomic mass is 10.2. The third-order valence-corrected chi connectivity index (χ3v) is 2.21. The van der Waals surface area contributed by atoms with Gasteiger partial charge in [0.2, 0.25) is 0 Å². The number of phenolic OH excluding ortho intramolecular Hbond substituents is 1. The first-order valence-corrected chi connectivity index (χ1v) is 3.77. The van der Waals surface area contributed by atoms with Gasteiger partial charge < -0.3 is 5.11 Å². The van der Waals surface area contributed by atoms with E-state index in [9.17, 15) is 4.91 Å². The van der Waals surface area contributed by atoms with Crippen LogP contribution in [0.15, 0.2) is 21.8 Å². The monoisotopic (exact) mass is 215 g/mol. The number of nitrogens with zero attached hydrogens (tertiary/aromatic N) is 1. The van der Waals surface area contributed by atoms with Gasteiger partial charge in [0.15, 0.2) is 0 Å². The summed E-state index contributed by atoms with van der Waals surface area (Å²) in [6.45, 7) is 1.82. The number of aromatic hydroxyl groups is 1. The van der Waals surface area contributed by atoms with E-state index in [1.807, 2.05) is 6.92 Å². The van der Waals surface area contributed by atoms with Crippen LogP contribution in [0.4, 0.5) is 5.69 Å². The summed E-state index contributed by atoms with van der Waals surface area (Å²) in [5.41, 5.74) is 0.947. The molecular weight excluding hydrogens is 210 g/mol. The predicted molar refractivity (Wildman–Crippen MR) is 46.0 cm³/mol. The van der Waals surface area contributed by atoms with Crippen LogP contribution in [0.25, 0.3) is 0 Å². The average Bonchev–Trinajstić information content (AvgIpc) is 1.97. The van der Waals surface area contributed by atoms with Gasteiger partial charge in [0.05, 0.1) is 0 Å². The molecule has 0 bridgehead atoms. The fourth-order valence-corrected chi connectivity index (χ4v) is 1.06. The second-order valence-corrected chi connectivity index (χ2v) is 3.04. The Balaban J connectivity index is 3.31. The number of hydrogen-bond acceptors (Lipinski definition) is 3.